The number of aliphatic carboxylic acids is 1. The predicted molar refractivity (Wildman–Crippen MR) is 99.0 cm³/mol. The Bertz CT molecular complexity index is 958. The smallest absolute Gasteiger partial charge is 0.323 e. The zero-order valence-electron chi connectivity index (χ0n) is 14.2. The Hall–Kier alpha value is -2.88. The Morgan fingerprint density at radius 2 is 1.80 bits per heavy atom. The number of carboxylic acid groups (broad SMARTS) is 1. The highest BCUT2D eigenvalue weighted by molar-refractivity contribution is 5.84. The standard InChI is InChI=1S/C21H21NO3/c1-15-7-5-12-18-20(15)22(14-19(23)24)13-17(21(18)25)11-6-10-16-8-3-2-4-9-16/h2-5,7-9,12-13H,6,10-11,14H2,1H3,(H,23,24). The molecular formula is C21H21NO3. The summed E-state index contributed by atoms with van der Waals surface area (Å²) in [6.07, 6.45) is 4.10. The third-order valence-corrected chi connectivity index (χ3v) is 4.43. The van der Waals surface area contributed by atoms with E-state index in [1.165, 1.54) is 5.56 Å². The van der Waals surface area contributed by atoms with Gasteiger partial charge in [0.15, 0.2) is 5.43 Å². The molecule has 2 aromatic carbocycles. The van der Waals surface area contributed by atoms with E-state index >= 15 is 0 Å². The Morgan fingerprint density at radius 1 is 1.04 bits per heavy atom. The molecule has 0 saturated carbocycles. The average molecular weight is 335 g/mol. The first-order valence-corrected chi connectivity index (χ1v) is 8.43. The van der Waals surface area contributed by atoms with Crippen molar-refractivity contribution in [1.82, 2.24) is 4.57 Å². The summed E-state index contributed by atoms with van der Waals surface area (Å²) in [5.74, 6) is -0.913. The highest BCUT2D eigenvalue weighted by atomic mass is 16.4. The lowest BCUT2D eigenvalue weighted by molar-refractivity contribution is -0.137. The summed E-state index contributed by atoms with van der Waals surface area (Å²) < 4.78 is 1.69. The van der Waals surface area contributed by atoms with Gasteiger partial charge in [-0.05, 0) is 43.4 Å². The third-order valence-electron chi connectivity index (χ3n) is 4.43. The summed E-state index contributed by atoms with van der Waals surface area (Å²) >= 11 is 0. The first kappa shape index (κ1) is 17.0. The highest BCUT2D eigenvalue weighted by Gasteiger charge is 2.12. The average Bonchev–Trinajstić information content (AvgIpc) is 2.59. The van der Waals surface area contributed by atoms with Gasteiger partial charge in [0.05, 0.1) is 5.52 Å². The number of aromatic nitrogens is 1. The lowest BCUT2D eigenvalue weighted by Crippen LogP contribution is -2.18. The molecule has 0 fully saturated rings. The largest absolute Gasteiger partial charge is 0.480 e. The SMILES string of the molecule is Cc1cccc2c(=O)c(CCCc3ccccc3)cn(CC(=O)O)c12. The van der Waals surface area contributed by atoms with Crippen LogP contribution < -0.4 is 5.43 Å². The van der Waals surface area contributed by atoms with Gasteiger partial charge in [0.2, 0.25) is 0 Å². The van der Waals surface area contributed by atoms with Crippen LogP contribution in [0.2, 0.25) is 0 Å². The molecule has 0 aliphatic carbocycles. The topological polar surface area (TPSA) is 59.3 Å². The van der Waals surface area contributed by atoms with E-state index in [1.807, 2.05) is 37.3 Å². The number of hydrogen-bond acceptors (Lipinski definition) is 2. The number of benzene rings is 2. The third kappa shape index (κ3) is 3.79. The second kappa shape index (κ2) is 7.34. The first-order valence-electron chi connectivity index (χ1n) is 8.43. The van der Waals surface area contributed by atoms with Crippen molar-refractivity contribution in [2.75, 3.05) is 0 Å². The molecule has 4 nitrogen and oxygen atoms in total. The molecular weight excluding hydrogens is 314 g/mol. The van der Waals surface area contributed by atoms with Gasteiger partial charge in [0.25, 0.3) is 0 Å². The van der Waals surface area contributed by atoms with E-state index in [-0.39, 0.29) is 12.0 Å². The number of carboxylic acids is 1. The van der Waals surface area contributed by atoms with Crippen LogP contribution in [0.15, 0.2) is 59.5 Å². The minimum Gasteiger partial charge on any atom is -0.480 e. The molecule has 0 unspecified atom stereocenters. The number of fused-ring (bicyclic) bond motifs is 1. The number of pyridine rings is 1. The molecule has 1 N–H and O–H groups in total. The van der Waals surface area contributed by atoms with Crippen molar-refractivity contribution < 1.29 is 9.90 Å². The molecule has 0 radical (unpaired) electrons. The van der Waals surface area contributed by atoms with Crippen molar-refractivity contribution in [3.63, 3.8) is 0 Å². The van der Waals surface area contributed by atoms with E-state index in [0.717, 1.165) is 18.4 Å². The van der Waals surface area contributed by atoms with Crippen LogP contribution in [0.4, 0.5) is 0 Å². The van der Waals surface area contributed by atoms with Gasteiger partial charge < -0.3 is 9.67 Å². The van der Waals surface area contributed by atoms with Crippen LogP contribution in [-0.2, 0) is 24.2 Å². The van der Waals surface area contributed by atoms with Crippen molar-refractivity contribution in [3.8, 4) is 0 Å². The quantitative estimate of drug-likeness (QED) is 0.749. The van der Waals surface area contributed by atoms with Gasteiger partial charge in [-0.1, -0.05) is 42.5 Å². The maximum absolute atomic E-state index is 12.8. The number of aryl methyl sites for hydroxylation is 3. The van der Waals surface area contributed by atoms with Crippen LogP contribution >= 0.6 is 0 Å². The zero-order valence-corrected chi connectivity index (χ0v) is 14.2. The molecule has 4 heteroatoms. The molecule has 0 spiro atoms. The number of hydrogen-bond donors (Lipinski definition) is 1. The summed E-state index contributed by atoms with van der Waals surface area (Å²) in [7, 11) is 0. The molecule has 0 atom stereocenters. The van der Waals surface area contributed by atoms with Gasteiger partial charge in [-0.25, -0.2) is 0 Å². The molecule has 1 aromatic heterocycles. The van der Waals surface area contributed by atoms with Crippen LogP contribution in [-0.4, -0.2) is 15.6 Å². The van der Waals surface area contributed by atoms with E-state index in [2.05, 4.69) is 12.1 Å². The number of nitrogens with zero attached hydrogens (tertiary/aromatic N) is 1. The highest BCUT2D eigenvalue weighted by Crippen LogP contribution is 2.17. The van der Waals surface area contributed by atoms with E-state index in [9.17, 15) is 14.7 Å². The number of para-hydroxylation sites is 1. The predicted octanol–water partition coefficient (Wildman–Crippen LogP) is 3.57. The van der Waals surface area contributed by atoms with Crippen LogP contribution in [0.25, 0.3) is 10.9 Å². The van der Waals surface area contributed by atoms with Crippen molar-refractivity contribution in [2.45, 2.75) is 32.7 Å². The van der Waals surface area contributed by atoms with E-state index in [0.29, 0.717) is 22.9 Å². The zero-order chi connectivity index (χ0) is 17.8. The summed E-state index contributed by atoms with van der Waals surface area (Å²) in [6, 6.07) is 15.7. The summed E-state index contributed by atoms with van der Waals surface area (Å²) in [5.41, 5.74) is 3.54. The number of rotatable bonds is 6. The molecule has 128 valence electrons. The molecule has 0 aliphatic rings. The molecule has 1 heterocycles. The molecule has 0 bridgehead atoms. The van der Waals surface area contributed by atoms with Crippen LogP contribution in [0, 0.1) is 6.92 Å². The second-order valence-electron chi connectivity index (χ2n) is 6.32. The molecule has 0 aliphatic heterocycles. The van der Waals surface area contributed by atoms with Gasteiger partial charge in [0.1, 0.15) is 6.54 Å². The van der Waals surface area contributed by atoms with Crippen LogP contribution in [0.1, 0.15) is 23.1 Å². The van der Waals surface area contributed by atoms with Crippen molar-refractivity contribution in [2.24, 2.45) is 0 Å². The molecule has 3 rings (SSSR count). The molecule has 0 amide bonds. The lowest BCUT2D eigenvalue weighted by atomic mass is 10.0. The van der Waals surface area contributed by atoms with Gasteiger partial charge in [0, 0.05) is 17.1 Å². The van der Waals surface area contributed by atoms with Crippen molar-refractivity contribution in [3.05, 3.63) is 81.6 Å². The van der Waals surface area contributed by atoms with Crippen molar-refractivity contribution in [1.29, 1.82) is 0 Å². The van der Waals surface area contributed by atoms with Gasteiger partial charge in [-0.3, -0.25) is 9.59 Å². The molecule has 0 saturated heterocycles. The Labute approximate surface area is 146 Å². The minimum atomic E-state index is -0.913. The minimum absolute atomic E-state index is 0.00778. The van der Waals surface area contributed by atoms with E-state index < -0.39 is 5.97 Å². The van der Waals surface area contributed by atoms with Gasteiger partial charge in [-0.15, -0.1) is 0 Å². The number of carbonyl (C=O) groups is 1. The fraction of sp³-hybridized carbons (Fsp3) is 0.238. The molecule has 25 heavy (non-hydrogen) atoms. The second-order valence-corrected chi connectivity index (χ2v) is 6.32. The summed E-state index contributed by atoms with van der Waals surface area (Å²) in [4.78, 5) is 24.0. The van der Waals surface area contributed by atoms with Crippen LogP contribution in [0.3, 0.4) is 0 Å². The first-order chi connectivity index (χ1) is 12.1. The maximum atomic E-state index is 12.8. The maximum Gasteiger partial charge on any atom is 0.323 e. The van der Waals surface area contributed by atoms with Crippen molar-refractivity contribution >= 4 is 16.9 Å². The Kier molecular flexibility index (Phi) is 4.98. The van der Waals surface area contributed by atoms with Gasteiger partial charge in [-0.2, -0.15) is 0 Å². The normalized spacial score (nSPS) is 10.9. The fourth-order valence-corrected chi connectivity index (χ4v) is 3.28. The lowest BCUT2D eigenvalue weighted by Gasteiger charge is -2.13. The van der Waals surface area contributed by atoms with Crippen LogP contribution in [0.5, 0.6) is 0 Å². The monoisotopic (exact) mass is 335 g/mol. The Morgan fingerprint density at radius 3 is 2.52 bits per heavy atom. The van der Waals surface area contributed by atoms with Gasteiger partial charge >= 0.3 is 5.97 Å². The summed E-state index contributed by atoms with van der Waals surface area (Å²) in [6.45, 7) is 1.75. The fourth-order valence-electron chi connectivity index (χ4n) is 3.28. The molecule has 3 aromatic rings. The Balaban J connectivity index is 1.93. The van der Waals surface area contributed by atoms with E-state index in [1.54, 1.807) is 16.8 Å². The van der Waals surface area contributed by atoms with E-state index in [4.69, 9.17) is 0 Å². The summed E-state index contributed by atoms with van der Waals surface area (Å²) in [5, 5.41) is 9.80.